The Labute approximate surface area is 118 Å². The Kier molecular flexibility index (Phi) is 5.48. The summed E-state index contributed by atoms with van der Waals surface area (Å²) in [4.78, 5) is 15.3. The van der Waals surface area contributed by atoms with Gasteiger partial charge in [0, 0.05) is 6.42 Å². The second-order valence-corrected chi connectivity index (χ2v) is 4.30. The molecule has 0 aromatic carbocycles. The monoisotopic (exact) mass is 307 g/mol. The van der Waals surface area contributed by atoms with Crippen molar-refractivity contribution >= 4 is 46.5 Å². The molecule has 0 radical (unpaired) electrons. The summed E-state index contributed by atoms with van der Waals surface area (Å²) in [7, 11) is 0. The van der Waals surface area contributed by atoms with Gasteiger partial charge in [-0.3, -0.25) is 0 Å². The first-order valence-corrected chi connectivity index (χ1v) is 5.96. The van der Waals surface area contributed by atoms with Crippen LogP contribution in [0.3, 0.4) is 0 Å². The van der Waals surface area contributed by atoms with E-state index in [2.05, 4.69) is 4.98 Å². The summed E-state index contributed by atoms with van der Waals surface area (Å²) in [6.07, 6.45) is 0.717. The lowest BCUT2D eigenvalue weighted by atomic mass is 10.3. The van der Waals surface area contributed by atoms with Crippen LogP contribution < -0.4 is 5.73 Å². The van der Waals surface area contributed by atoms with Crippen LogP contribution in [0, 0.1) is 11.3 Å². The number of aromatic nitrogens is 1. The predicted molar refractivity (Wildman–Crippen MR) is 68.8 cm³/mol. The molecular formula is C10H8Cl3N3O2. The predicted octanol–water partition coefficient (Wildman–Crippen LogP) is 3.08. The fourth-order valence-corrected chi connectivity index (χ4v) is 1.64. The topological polar surface area (TPSA) is 89.0 Å². The SMILES string of the molecule is N#CCCCOC(=O)c1nc(Cl)c(Cl)c(N)c1Cl. The molecule has 5 nitrogen and oxygen atoms in total. The van der Waals surface area contributed by atoms with Crippen LogP contribution in [0.1, 0.15) is 23.3 Å². The zero-order valence-corrected chi connectivity index (χ0v) is 11.3. The number of halogens is 3. The molecule has 2 N–H and O–H groups in total. The smallest absolute Gasteiger partial charge is 0.358 e. The summed E-state index contributed by atoms with van der Waals surface area (Å²) in [5.41, 5.74) is 5.34. The highest BCUT2D eigenvalue weighted by atomic mass is 35.5. The number of ether oxygens (including phenoxy) is 1. The Bertz CT molecular complexity index is 514. The average Bonchev–Trinajstić information content (AvgIpc) is 2.36. The highest BCUT2D eigenvalue weighted by Crippen LogP contribution is 2.34. The normalized spacial score (nSPS) is 9.89. The average molecular weight is 309 g/mol. The van der Waals surface area contributed by atoms with Crippen molar-refractivity contribution in [2.45, 2.75) is 12.8 Å². The van der Waals surface area contributed by atoms with Crippen LogP contribution in [-0.2, 0) is 4.74 Å². The summed E-state index contributed by atoms with van der Waals surface area (Å²) in [5.74, 6) is -0.761. The fourth-order valence-electron chi connectivity index (χ4n) is 1.05. The zero-order chi connectivity index (χ0) is 13.7. The molecule has 0 unspecified atom stereocenters. The fraction of sp³-hybridized carbons (Fsp3) is 0.300. The van der Waals surface area contributed by atoms with Crippen LogP contribution in [0.4, 0.5) is 5.69 Å². The lowest BCUT2D eigenvalue weighted by Crippen LogP contribution is -2.11. The van der Waals surface area contributed by atoms with Gasteiger partial charge in [0.05, 0.1) is 23.4 Å². The maximum atomic E-state index is 11.6. The summed E-state index contributed by atoms with van der Waals surface area (Å²) in [5, 5.41) is 8.09. The van der Waals surface area contributed by atoms with Crippen LogP contribution >= 0.6 is 34.8 Å². The minimum absolute atomic E-state index is 0.0114. The Hall–Kier alpha value is -1.22. The Morgan fingerprint density at radius 1 is 1.39 bits per heavy atom. The molecule has 1 rings (SSSR count). The van der Waals surface area contributed by atoms with Gasteiger partial charge in [-0.1, -0.05) is 34.8 Å². The number of esters is 1. The molecule has 0 fully saturated rings. The molecule has 0 atom stereocenters. The molecule has 0 saturated heterocycles. The number of carbonyl (C=O) groups excluding carboxylic acids is 1. The van der Waals surface area contributed by atoms with Gasteiger partial charge in [-0.05, 0) is 6.42 Å². The molecule has 0 saturated carbocycles. The summed E-state index contributed by atoms with van der Waals surface area (Å²) in [6, 6.07) is 1.93. The van der Waals surface area contributed by atoms with Crippen molar-refractivity contribution in [3.63, 3.8) is 0 Å². The van der Waals surface area contributed by atoms with E-state index < -0.39 is 5.97 Å². The summed E-state index contributed by atoms with van der Waals surface area (Å²) >= 11 is 17.2. The third-order valence-corrected chi connectivity index (χ3v) is 3.07. The van der Waals surface area contributed by atoms with E-state index >= 15 is 0 Å². The molecule has 1 aromatic rings. The number of hydrogen-bond acceptors (Lipinski definition) is 5. The van der Waals surface area contributed by atoms with Crippen molar-refractivity contribution in [3.05, 3.63) is 20.9 Å². The van der Waals surface area contributed by atoms with Gasteiger partial charge in [-0.15, -0.1) is 0 Å². The largest absolute Gasteiger partial charge is 0.461 e. The van der Waals surface area contributed by atoms with Gasteiger partial charge >= 0.3 is 5.97 Å². The van der Waals surface area contributed by atoms with Gasteiger partial charge in [-0.2, -0.15) is 5.26 Å². The third-order valence-electron chi connectivity index (χ3n) is 1.93. The van der Waals surface area contributed by atoms with Crippen LogP contribution in [0.25, 0.3) is 0 Å². The van der Waals surface area contributed by atoms with Crippen molar-refractivity contribution in [2.75, 3.05) is 12.3 Å². The van der Waals surface area contributed by atoms with Crippen molar-refractivity contribution < 1.29 is 9.53 Å². The molecule has 0 spiro atoms. The Morgan fingerprint density at radius 3 is 2.67 bits per heavy atom. The molecule has 0 aliphatic rings. The van der Waals surface area contributed by atoms with Gasteiger partial charge in [0.2, 0.25) is 0 Å². The number of carbonyl (C=O) groups is 1. The summed E-state index contributed by atoms with van der Waals surface area (Å²) < 4.78 is 4.87. The molecular weight excluding hydrogens is 300 g/mol. The van der Waals surface area contributed by atoms with Gasteiger partial charge < -0.3 is 10.5 Å². The lowest BCUT2D eigenvalue weighted by Gasteiger charge is -2.08. The van der Waals surface area contributed by atoms with E-state index in [0.29, 0.717) is 6.42 Å². The summed E-state index contributed by atoms with van der Waals surface area (Å²) in [6.45, 7) is 0.0878. The second-order valence-electron chi connectivity index (χ2n) is 3.19. The maximum absolute atomic E-state index is 11.6. The third kappa shape index (κ3) is 3.39. The highest BCUT2D eigenvalue weighted by molar-refractivity contribution is 6.46. The van der Waals surface area contributed by atoms with Gasteiger partial charge in [0.25, 0.3) is 0 Å². The standard InChI is InChI=1S/C10H8Cl3N3O2/c11-5-7(15)6(12)9(13)16-8(5)10(17)18-4-2-1-3-14/h1-2,4H2,(H2,15,16). The number of pyridine rings is 1. The number of anilines is 1. The molecule has 0 bridgehead atoms. The second kappa shape index (κ2) is 6.64. The minimum atomic E-state index is -0.761. The van der Waals surface area contributed by atoms with Crippen LogP contribution in [0.15, 0.2) is 0 Å². The number of rotatable bonds is 4. The Morgan fingerprint density at radius 2 is 2.06 bits per heavy atom. The number of nitrogens with zero attached hydrogens (tertiary/aromatic N) is 2. The van der Waals surface area contributed by atoms with Gasteiger partial charge in [0.15, 0.2) is 10.8 Å². The molecule has 8 heteroatoms. The van der Waals surface area contributed by atoms with E-state index in [1.165, 1.54) is 0 Å². The molecule has 0 amide bonds. The molecule has 18 heavy (non-hydrogen) atoms. The van der Waals surface area contributed by atoms with E-state index in [1.807, 2.05) is 6.07 Å². The molecule has 0 aliphatic carbocycles. The molecule has 96 valence electrons. The maximum Gasteiger partial charge on any atom is 0.358 e. The van der Waals surface area contributed by atoms with Crippen molar-refractivity contribution in [3.8, 4) is 6.07 Å². The first-order chi connectivity index (χ1) is 8.49. The van der Waals surface area contributed by atoms with E-state index in [4.69, 9.17) is 50.5 Å². The van der Waals surface area contributed by atoms with E-state index in [-0.39, 0.29) is 39.6 Å². The first kappa shape index (κ1) is 14.8. The number of nitrogens with two attached hydrogens (primary N) is 1. The van der Waals surface area contributed by atoms with Crippen LogP contribution in [0.2, 0.25) is 15.2 Å². The number of nitriles is 1. The highest BCUT2D eigenvalue weighted by Gasteiger charge is 2.20. The van der Waals surface area contributed by atoms with Crippen molar-refractivity contribution in [2.24, 2.45) is 0 Å². The van der Waals surface area contributed by atoms with Crippen molar-refractivity contribution in [1.29, 1.82) is 5.26 Å². The van der Waals surface area contributed by atoms with Crippen LogP contribution in [-0.4, -0.2) is 17.6 Å². The lowest BCUT2D eigenvalue weighted by molar-refractivity contribution is 0.0495. The zero-order valence-electron chi connectivity index (χ0n) is 9.04. The van der Waals surface area contributed by atoms with Crippen molar-refractivity contribution in [1.82, 2.24) is 4.98 Å². The molecule has 1 aromatic heterocycles. The number of nitrogen functional groups attached to an aromatic ring is 1. The van der Waals surface area contributed by atoms with E-state index in [9.17, 15) is 4.79 Å². The van der Waals surface area contributed by atoms with Gasteiger partial charge in [-0.25, -0.2) is 9.78 Å². The quantitative estimate of drug-likeness (QED) is 0.524. The van der Waals surface area contributed by atoms with E-state index in [0.717, 1.165) is 0 Å². The van der Waals surface area contributed by atoms with E-state index in [1.54, 1.807) is 0 Å². The number of hydrogen-bond donors (Lipinski definition) is 1. The van der Waals surface area contributed by atoms with Gasteiger partial charge in [0.1, 0.15) is 5.02 Å². The van der Waals surface area contributed by atoms with Crippen LogP contribution in [0.5, 0.6) is 0 Å². The molecule has 1 heterocycles. The molecule has 0 aliphatic heterocycles. The minimum Gasteiger partial charge on any atom is -0.461 e. The Balaban J connectivity index is 2.84. The number of unbranched alkanes of at least 4 members (excludes halogenated alkanes) is 1. The first-order valence-electron chi connectivity index (χ1n) is 4.83.